The van der Waals surface area contributed by atoms with E-state index in [0.717, 1.165) is 39.1 Å². The number of aryl methyl sites for hydroxylation is 2. The quantitative estimate of drug-likeness (QED) is 0.520. The summed E-state index contributed by atoms with van der Waals surface area (Å²) < 4.78 is 5.97. The van der Waals surface area contributed by atoms with Crippen LogP contribution in [0.1, 0.15) is 50.7 Å². The Bertz CT molecular complexity index is 885. The first-order valence-electron chi connectivity index (χ1n) is 12.3. The molecule has 2 heterocycles. The second-order valence-electron chi connectivity index (χ2n) is 10.9. The molecule has 5 rings (SSSR count). The molecule has 0 radical (unpaired) electrons. The molecule has 1 saturated carbocycles. The van der Waals surface area contributed by atoms with E-state index >= 15 is 0 Å². The summed E-state index contributed by atoms with van der Waals surface area (Å²) in [5.41, 5.74) is 5.88. The fraction of sp³-hybridized carbons (Fsp3) is 0.667. The number of benzene rings is 1. The normalized spacial score (nSPS) is 35.9. The molecular weight excluding hydrogens is 384 g/mol. The number of fused-ring (bicyclic) bond motifs is 2. The summed E-state index contributed by atoms with van der Waals surface area (Å²) in [6.07, 6.45) is 7.44. The maximum atomic E-state index is 12.9. The maximum Gasteiger partial charge on any atom is 0.311 e. The van der Waals surface area contributed by atoms with E-state index in [1.54, 1.807) is 5.57 Å². The first-order chi connectivity index (χ1) is 14.8. The third kappa shape index (κ3) is 3.82. The molecule has 31 heavy (non-hydrogen) atoms. The molecule has 2 aliphatic heterocycles. The molecular formula is C27H38N2O2. The van der Waals surface area contributed by atoms with Crippen molar-refractivity contribution in [2.75, 3.05) is 37.6 Å². The molecule has 4 aliphatic rings. The summed E-state index contributed by atoms with van der Waals surface area (Å²) >= 11 is 0. The Kier molecular flexibility index (Phi) is 5.40. The van der Waals surface area contributed by atoms with Crippen molar-refractivity contribution in [3.05, 3.63) is 41.0 Å². The molecule has 5 atom stereocenters. The van der Waals surface area contributed by atoms with Crippen LogP contribution < -0.4 is 4.90 Å². The zero-order chi connectivity index (χ0) is 21.8. The summed E-state index contributed by atoms with van der Waals surface area (Å²) in [4.78, 5) is 17.9. The number of piperazine rings is 1. The van der Waals surface area contributed by atoms with E-state index in [9.17, 15) is 4.79 Å². The second kappa shape index (κ2) is 7.95. The van der Waals surface area contributed by atoms with Crippen molar-refractivity contribution in [2.45, 2.75) is 59.5 Å². The average molecular weight is 423 g/mol. The molecule has 0 unspecified atom stereocenters. The number of rotatable bonds is 3. The molecule has 1 aromatic carbocycles. The molecule has 0 amide bonds. The largest absolute Gasteiger partial charge is 0.461 e. The minimum absolute atomic E-state index is 0.00355. The lowest BCUT2D eigenvalue weighted by molar-refractivity contribution is -0.145. The second-order valence-corrected chi connectivity index (χ2v) is 10.9. The van der Waals surface area contributed by atoms with E-state index in [-0.39, 0.29) is 29.3 Å². The molecule has 1 aromatic rings. The van der Waals surface area contributed by atoms with Crippen LogP contribution in [0.5, 0.6) is 0 Å². The minimum atomic E-state index is 0.00355. The highest BCUT2D eigenvalue weighted by molar-refractivity contribution is 5.76. The van der Waals surface area contributed by atoms with Gasteiger partial charge in [-0.2, -0.15) is 0 Å². The van der Waals surface area contributed by atoms with Crippen LogP contribution in [0.3, 0.4) is 0 Å². The summed E-state index contributed by atoms with van der Waals surface area (Å²) in [5, 5.41) is 0. The molecule has 2 saturated heterocycles. The van der Waals surface area contributed by atoms with Gasteiger partial charge in [-0.3, -0.25) is 9.69 Å². The van der Waals surface area contributed by atoms with Gasteiger partial charge in [0.25, 0.3) is 0 Å². The third-order valence-corrected chi connectivity index (χ3v) is 8.60. The van der Waals surface area contributed by atoms with E-state index < -0.39 is 0 Å². The molecule has 3 fully saturated rings. The van der Waals surface area contributed by atoms with Crippen LogP contribution in [0.25, 0.3) is 0 Å². The fourth-order valence-corrected chi connectivity index (χ4v) is 6.87. The Morgan fingerprint density at radius 1 is 1.16 bits per heavy atom. The Labute approximate surface area is 187 Å². The van der Waals surface area contributed by atoms with Crippen molar-refractivity contribution in [1.82, 2.24) is 4.90 Å². The van der Waals surface area contributed by atoms with Gasteiger partial charge in [0, 0.05) is 44.3 Å². The van der Waals surface area contributed by atoms with Gasteiger partial charge in [0.15, 0.2) is 0 Å². The number of nitrogens with zero attached hydrogens (tertiary/aromatic N) is 2. The highest BCUT2D eigenvalue weighted by Gasteiger charge is 2.52. The Balaban J connectivity index is 1.26. The monoisotopic (exact) mass is 422 g/mol. The van der Waals surface area contributed by atoms with Crippen LogP contribution in [0, 0.1) is 37.0 Å². The van der Waals surface area contributed by atoms with Crippen molar-refractivity contribution < 1.29 is 9.53 Å². The number of allylic oxidation sites excluding steroid dienone is 1. The number of anilines is 1. The van der Waals surface area contributed by atoms with Gasteiger partial charge < -0.3 is 9.64 Å². The van der Waals surface area contributed by atoms with E-state index in [2.05, 4.69) is 61.8 Å². The van der Waals surface area contributed by atoms with Gasteiger partial charge in [0.2, 0.25) is 0 Å². The lowest BCUT2D eigenvalue weighted by Crippen LogP contribution is -2.49. The summed E-state index contributed by atoms with van der Waals surface area (Å²) in [7, 11) is 0. The number of hydrogen-bond acceptors (Lipinski definition) is 4. The smallest absolute Gasteiger partial charge is 0.311 e. The number of esters is 1. The van der Waals surface area contributed by atoms with Crippen LogP contribution >= 0.6 is 0 Å². The number of hydrogen-bond donors (Lipinski definition) is 0. The number of carbonyl (C=O) groups is 1. The molecule has 0 spiro atoms. The zero-order valence-corrected chi connectivity index (χ0v) is 19.7. The Morgan fingerprint density at radius 3 is 2.68 bits per heavy atom. The average Bonchev–Trinajstić information content (AvgIpc) is 3.01. The lowest BCUT2D eigenvalue weighted by atomic mass is 9.59. The predicted molar refractivity (Wildman–Crippen MR) is 125 cm³/mol. The van der Waals surface area contributed by atoms with Gasteiger partial charge in [-0.15, -0.1) is 0 Å². The van der Waals surface area contributed by atoms with Gasteiger partial charge in [-0.25, -0.2) is 0 Å². The van der Waals surface area contributed by atoms with Gasteiger partial charge >= 0.3 is 5.97 Å². The van der Waals surface area contributed by atoms with Gasteiger partial charge in [0.05, 0.1) is 5.92 Å². The minimum Gasteiger partial charge on any atom is -0.461 e. The number of carbonyl (C=O) groups excluding carboxylic acids is 1. The van der Waals surface area contributed by atoms with Gasteiger partial charge in [-0.05, 0) is 56.1 Å². The summed E-state index contributed by atoms with van der Waals surface area (Å²) in [5.74, 6) is 0.966. The van der Waals surface area contributed by atoms with Crippen molar-refractivity contribution >= 4 is 11.7 Å². The molecule has 0 bridgehead atoms. The molecule has 4 nitrogen and oxygen atoms in total. The van der Waals surface area contributed by atoms with Crippen LogP contribution in [0.15, 0.2) is 29.8 Å². The van der Waals surface area contributed by atoms with Crippen molar-refractivity contribution in [2.24, 2.45) is 23.2 Å². The highest BCUT2D eigenvalue weighted by Crippen LogP contribution is 2.54. The van der Waals surface area contributed by atoms with Gasteiger partial charge in [0.1, 0.15) is 6.10 Å². The van der Waals surface area contributed by atoms with E-state index in [1.165, 1.54) is 36.1 Å². The Morgan fingerprint density at radius 2 is 1.94 bits per heavy atom. The molecule has 4 heteroatoms. The van der Waals surface area contributed by atoms with Gasteiger partial charge in [-0.1, -0.05) is 49.6 Å². The fourth-order valence-electron chi connectivity index (χ4n) is 6.87. The molecule has 0 N–H and O–H groups in total. The Hall–Kier alpha value is -1.81. The standard InChI is InChI=1S/C27H38N2O2/c1-18-7-8-24(20(3)14-18)29-12-10-28(11-13-29)17-22-21-15-23-19(2)6-5-9-27(23,4)16-25(21)31-26(22)30/h7-8,14-15,19,21-22,25H,5-6,9-13,16-17H2,1-4H3/t19-,21+,22+,25+,27+/m0/s1. The molecule has 168 valence electrons. The summed E-state index contributed by atoms with van der Waals surface area (Å²) in [6, 6.07) is 6.74. The summed E-state index contributed by atoms with van der Waals surface area (Å²) in [6.45, 7) is 14.1. The van der Waals surface area contributed by atoms with E-state index in [0.29, 0.717) is 5.92 Å². The van der Waals surface area contributed by atoms with Crippen LogP contribution in [0.4, 0.5) is 5.69 Å². The SMILES string of the molecule is Cc1ccc(N2CCN(C[C@H]3C(=O)O[C@@H]4C[C@@]5(C)CCC[C@H](C)C5=C[C@@H]43)CC2)c(C)c1. The molecule has 0 aromatic heterocycles. The zero-order valence-electron chi connectivity index (χ0n) is 19.7. The first-order valence-corrected chi connectivity index (χ1v) is 12.3. The predicted octanol–water partition coefficient (Wildman–Crippen LogP) is 4.74. The van der Waals surface area contributed by atoms with Crippen LogP contribution in [-0.2, 0) is 9.53 Å². The topological polar surface area (TPSA) is 32.8 Å². The molecule has 2 aliphatic carbocycles. The van der Waals surface area contributed by atoms with Crippen LogP contribution in [-0.4, -0.2) is 49.7 Å². The van der Waals surface area contributed by atoms with Crippen LogP contribution in [0.2, 0.25) is 0 Å². The van der Waals surface area contributed by atoms with Crippen molar-refractivity contribution in [1.29, 1.82) is 0 Å². The maximum absolute atomic E-state index is 12.9. The van der Waals surface area contributed by atoms with E-state index in [1.807, 2.05) is 0 Å². The van der Waals surface area contributed by atoms with Crippen molar-refractivity contribution in [3.8, 4) is 0 Å². The lowest BCUT2D eigenvalue weighted by Gasteiger charge is -2.46. The van der Waals surface area contributed by atoms with Crippen molar-refractivity contribution in [3.63, 3.8) is 0 Å². The highest BCUT2D eigenvalue weighted by atomic mass is 16.6. The first kappa shape index (κ1) is 21.1. The van der Waals surface area contributed by atoms with E-state index in [4.69, 9.17) is 4.74 Å². The third-order valence-electron chi connectivity index (χ3n) is 8.60. The number of ether oxygens (including phenoxy) is 1.